The van der Waals surface area contributed by atoms with Crippen molar-refractivity contribution >= 4 is 5.97 Å². The van der Waals surface area contributed by atoms with Gasteiger partial charge in [0.1, 0.15) is 6.04 Å². The van der Waals surface area contributed by atoms with E-state index < -0.39 is 12.0 Å². The van der Waals surface area contributed by atoms with Gasteiger partial charge in [0.2, 0.25) is 0 Å². The van der Waals surface area contributed by atoms with Gasteiger partial charge in [-0.3, -0.25) is 4.79 Å². The number of nitrogens with zero attached hydrogens (tertiary/aromatic N) is 1. The first-order valence-corrected chi connectivity index (χ1v) is 6.26. The van der Waals surface area contributed by atoms with E-state index in [9.17, 15) is 4.79 Å². The molecule has 0 aliphatic heterocycles. The fourth-order valence-electron chi connectivity index (χ4n) is 2.38. The van der Waals surface area contributed by atoms with E-state index in [0.29, 0.717) is 6.54 Å². The Morgan fingerprint density at radius 3 is 2.62 bits per heavy atom. The van der Waals surface area contributed by atoms with Gasteiger partial charge in [-0.05, 0) is 25.9 Å². The Bertz CT molecular complexity index is 215. The topological polar surface area (TPSA) is 66.6 Å². The molecule has 0 spiro atoms. The molecule has 94 valence electrons. The molecule has 1 atom stereocenters. The lowest BCUT2D eigenvalue weighted by atomic mass is 9.87. The van der Waals surface area contributed by atoms with Crippen molar-refractivity contribution in [1.82, 2.24) is 4.90 Å². The number of hydrogen-bond acceptors (Lipinski definition) is 3. The molecule has 1 aliphatic rings. The quantitative estimate of drug-likeness (QED) is 0.719. The van der Waals surface area contributed by atoms with Gasteiger partial charge in [-0.15, -0.1) is 0 Å². The molecule has 0 amide bonds. The van der Waals surface area contributed by atoms with Gasteiger partial charge in [0.15, 0.2) is 0 Å². The van der Waals surface area contributed by atoms with E-state index in [2.05, 4.69) is 0 Å². The Morgan fingerprint density at radius 2 is 2.06 bits per heavy atom. The summed E-state index contributed by atoms with van der Waals surface area (Å²) in [5.74, 6) is -0.0678. The van der Waals surface area contributed by atoms with Gasteiger partial charge in [0, 0.05) is 6.54 Å². The van der Waals surface area contributed by atoms with Gasteiger partial charge in [-0.2, -0.15) is 0 Å². The molecular formula is C12H24N2O2. The minimum Gasteiger partial charge on any atom is -0.480 e. The maximum absolute atomic E-state index is 10.6. The molecule has 1 unspecified atom stereocenters. The van der Waals surface area contributed by atoms with Crippen LogP contribution >= 0.6 is 0 Å². The van der Waals surface area contributed by atoms with Crippen LogP contribution in [0, 0.1) is 5.92 Å². The van der Waals surface area contributed by atoms with Crippen LogP contribution in [0.25, 0.3) is 0 Å². The van der Waals surface area contributed by atoms with Crippen molar-refractivity contribution < 1.29 is 9.90 Å². The van der Waals surface area contributed by atoms with Crippen molar-refractivity contribution in [2.45, 2.75) is 44.6 Å². The number of carbonyl (C=O) groups is 1. The summed E-state index contributed by atoms with van der Waals surface area (Å²) in [5, 5.41) is 8.70. The number of aliphatic carboxylic acids is 1. The summed E-state index contributed by atoms with van der Waals surface area (Å²) in [7, 11) is 1.95. The van der Waals surface area contributed by atoms with Crippen LogP contribution in [0.3, 0.4) is 0 Å². The van der Waals surface area contributed by atoms with Crippen LogP contribution in [-0.4, -0.2) is 42.2 Å². The molecule has 0 bridgehead atoms. The number of carboxylic acid groups (broad SMARTS) is 1. The molecule has 4 nitrogen and oxygen atoms in total. The minimum atomic E-state index is -0.912. The standard InChI is InChI=1S/C12H24N2O2/c1-14(9-11(13)12(15)16)8-7-10-5-3-2-4-6-10/h10-11H,2-9,13H2,1H3,(H,15,16). The monoisotopic (exact) mass is 228 g/mol. The van der Waals surface area contributed by atoms with E-state index in [1.807, 2.05) is 11.9 Å². The molecule has 4 heteroatoms. The van der Waals surface area contributed by atoms with Gasteiger partial charge in [0.05, 0.1) is 0 Å². The van der Waals surface area contributed by atoms with E-state index in [4.69, 9.17) is 10.8 Å². The van der Waals surface area contributed by atoms with Crippen molar-refractivity contribution in [3.8, 4) is 0 Å². The number of carboxylic acids is 1. The molecule has 0 aromatic carbocycles. The van der Waals surface area contributed by atoms with Gasteiger partial charge in [-0.25, -0.2) is 0 Å². The highest BCUT2D eigenvalue weighted by Gasteiger charge is 2.16. The molecule has 16 heavy (non-hydrogen) atoms. The summed E-state index contributed by atoms with van der Waals surface area (Å²) in [6.45, 7) is 1.41. The number of nitrogens with two attached hydrogens (primary N) is 1. The van der Waals surface area contributed by atoms with E-state index in [1.54, 1.807) is 0 Å². The van der Waals surface area contributed by atoms with Crippen LogP contribution in [0.15, 0.2) is 0 Å². The van der Waals surface area contributed by atoms with Gasteiger partial charge in [0.25, 0.3) is 0 Å². The second-order valence-corrected chi connectivity index (χ2v) is 5.00. The van der Waals surface area contributed by atoms with Crippen LogP contribution < -0.4 is 5.73 Å². The summed E-state index contributed by atoms with van der Waals surface area (Å²) < 4.78 is 0. The van der Waals surface area contributed by atoms with Gasteiger partial charge >= 0.3 is 5.97 Å². The molecule has 0 heterocycles. The van der Waals surface area contributed by atoms with Crippen LogP contribution in [0.4, 0.5) is 0 Å². The first kappa shape index (κ1) is 13.5. The summed E-state index contributed by atoms with van der Waals surface area (Å²) in [4.78, 5) is 12.6. The van der Waals surface area contributed by atoms with Crippen molar-refractivity contribution in [3.63, 3.8) is 0 Å². The molecule has 0 aromatic heterocycles. The SMILES string of the molecule is CN(CCC1CCCCC1)CC(N)C(=O)O. The summed E-state index contributed by atoms with van der Waals surface area (Å²) in [6.07, 6.45) is 7.99. The summed E-state index contributed by atoms with van der Waals surface area (Å²) >= 11 is 0. The van der Waals surface area contributed by atoms with E-state index >= 15 is 0 Å². The average Bonchev–Trinajstić information content (AvgIpc) is 2.27. The third kappa shape index (κ3) is 4.94. The third-order valence-corrected chi connectivity index (χ3v) is 3.47. The zero-order chi connectivity index (χ0) is 12.0. The predicted octanol–water partition coefficient (Wildman–Crippen LogP) is 1.30. The van der Waals surface area contributed by atoms with Crippen LogP contribution in [0.5, 0.6) is 0 Å². The lowest BCUT2D eigenvalue weighted by Crippen LogP contribution is -2.41. The smallest absolute Gasteiger partial charge is 0.321 e. The highest BCUT2D eigenvalue weighted by atomic mass is 16.4. The first-order chi connectivity index (χ1) is 7.59. The average molecular weight is 228 g/mol. The number of rotatable bonds is 6. The fraction of sp³-hybridized carbons (Fsp3) is 0.917. The molecule has 3 N–H and O–H groups in total. The molecule has 1 rings (SSSR count). The molecular weight excluding hydrogens is 204 g/mol. The van der Waals surface area contributed by atoms with Crippen molar-refractivity contribution in [1.29, 1.82) is 0 Å². The highest BCUT2D eigenvalue weighted by Crippen LogP contribution is 2.26. The van der Waals surface area contributed by atoms with Gasteiger partial charge in [-0.1, -0.05) is 32.1 Å². The van der Waals surface area contributed by atoms with Crippen molar-refractivity contribution in [2.24, 2.45) is 11.7 Å². The molecule has 0 radical (unpaired) electrons. The minimum absolute atomic E-state index is 0.446. The van der Waals surface area contributed by atoms with E-state index in [0.717, 1.165) is 12.5 Å². The van der Waals surface area contributed by atoms with Gasteiger partial charge < -0.3 is 15.7 Å². The van der Waals surface area contributed by atoms with E-state index in [-0.39, 0.29) is 0 Å². The molecule has 0 saturated heterocycles. The Hall–Kier alpha value is -0.610. The highest BCUT2D eigenvalue weighted by molar-refractivity contribution is 5.73. The van der Waals surface area contributed by atoms with Crippen molar-refractivity contribution in [3.05, 3.63) is 0 Å². The number of likely N-dealkylation sites (N-methyl/N-ethyl adjacent to an activating group) is 1. The van der Waals surface area contributed by atoms with E-state index in [1.165, 1.54) is 38.5 Å². The zero-order valence-electron chi connectivity index (χ0n) is 10.2. The Morgan fingerprint density at radius 1 is 1.44 bits per heavy atom. The second kappa shape index (κ2) is 6.86. The maximum Gasteiger partial charge on any atom is 0.321 e. The molecule has 1 saturated carbocycles. The normalized spacial score (nSPS) is 19.9. The summed E-state index contributed by atoms with van der Waals surface area (Å²) in [5.41, 5.74) is 5.48. The zero-order valence-corrected chi connectivity index (χ0v) is 10.2. The number of hydrogen-bond donors (Lipinski definition) is 2. The van der Waals surface area contributed by atoms with Crippen molar-refractivity contribution in [2.75, 3.05) is 20.1 Å². The molecule has 0 aromatic rings. The van der Waals surface area contributed by atoms with Crippen LogP contribution in [0.2, 0.25) is 0 Å². The second-order valence-electron chi connectivity index (χ2n) is 5.00. The fourth-order valence-corrected chi connectivity index (χ4v) is 2.38. The predicted molar refractivity (Wildman–Crippen MR) is 64.3 cm³/mol. The third-order valence-electron chi connectivity index (χ3n) is 3.47. The Balaban J connectivity index is 2.13. The molecule has 1 aliphatic carbocycles. The van der Waals surface area contributed by atoms with Crippen LogP contribution in [0.1, 0.15) is 38.5 Å². The van der Waals surface area contributed by atoms with Crippen LogP contribution in [-0.2, 0) is 4.79 Å². The Kier molecular flexibility index (Phi) is 5.77. The summed E-state index contributed by atoms with van der Waals surface area (Å²) in [6, 6.07) is -0.753. The first-order valence-electron chi connectivity index (χ1n) is 6.26. The maximum atomic E-state index is 10.6. The Labute approximate surface area is 97.8 Å². The lowest BCUT2D eigenvalue weighted by molar-refractivity contribution is -0.138. The largest absolute Gasteiger partial charge is 0.480 e. The molecule has 1 fully saturated rings. The lowest BCUT2D eigenvalue weighted by Gasteiger charge is -2.25.